The van der Waals surface area contributed by atoms with Crippen molar-refractivity contribution >= 4 is 0 Å². The van der Waals surface area contributed by atoms with E-state index >= 15 is 0 Å². The fraction of sp³-hybridized carbons (Fsp3) is 1.00. The molecule has 0 aromatic carbocycles. The van der Waals surface area contributed by atoms with Gasteiger partial charge in [0, 0.05) is 0 Å². The van der Waals surface area contributed by atoms with Gasteiger partial charge in [-0.1, -0.05) is 6.92 Å². The maximum Gasteiger partial charge on any atom is 0.0649 e. The van der Waals surface area contributed by atoms with Gasteiger partial charge in [0.25, 0.3) is 0 Å². The first kappa shape index (κ1) is 4.13. The first-order valence-electron chi connectivity index (χ1n) is 2.35. The average molecular weight is 86.1 g/mol. The van der Waals surface area contributed by atoms with Gasteiger partial charge in [-0.15, -0.1) is 0 Å². The van der Waals surface area contributed by atoms with E-state index in [1.165, 1.54) is 0 Å². The third-order valence-corrected chi connectivity index (χ3v) is 1.62. The van der Waals surface area contributed by atoms with Crippen LogP contribution in [0.3, 0.4) is 0 Å². The number of aliphatic hydroxyl groups is 1. The molecule has 0 heterocycles. The van der Waals surface area contributed by atoms with Gasteiger partial charge in [-0.3, -0.25) is 0 Å². The third-order valence-electron chi connectivity index (χ3n) is 1.62. The summed E-state index contributed by atoms with van der Waals surface area (Å²) in [6.07, 6.45) is 0.993. The monoisotopic (exact) mass is 86.1 g/mol. The maximum absolute atomic E-state index is 8.90. The van der Waals surface area contributed by atoms with Crippen molar-refractivity contribution in [3.05, 3.63) is 0 Å². The highest BCUT2D eigenvalue weighted by molar-refractivity contribution is 4.95. The Morgan fingerprint density at radius 1 is 1.83 bits per heavy atom. The zero-order chi connectivity index (χ0) is 4.78. The fourth-order valence-electron chi connectivity index (χ4n) is 0.561. The Morgan fingerprint density at radius 3 is 2.00 bits per heavy atom. The second-order valence-corrected chi connectivity index (χ2v) is 2.46. The minimum atomic E-state index is -0.292. The van der Waals surface area contributed by atoms with Crippen LogP contribution in [0.2, 0.25) is 0 Å². The number of hydrogen-bond donors (Lipinski definition) is 1. The third kappa shape index (κ3) is 0.432. The summed E-state index contributed by atoms with van der Waals surface area (Å²) < 4.78 is 0. The van der Waals surface area contributed by atoms with Crippen LogP contribution in [-0.2, 0) is 0 Å². The second kappa shape index (κ2) is 0.784. The lowest BCUT2D eigenvalue weighted by atomic mass is 10.3. The van der Waals surface area contributed by atoms with Crippen LogP contribution in [0.15, 0.2) is 0 Å². The van der Waals surface area contributed by atoms with Crippen LogP contribution in [-0.4, -0.2) is 10.7 Å². The van der Waals surface area contributed by atoms with E-state index in [1.54, 1.807) is 0 Å². The smallest absolute Gasteiger partial charge is 0.0649 e. The summed E-state index contributed by atoms with van der Waals surface area (Å²) in [5, 5.41) is 8.90. The zero-order valence-electron chi connectivity index (χ0n) is 4.23. The lowest BCUT2D eigenvalue weighted by Crippen LogP contribution is -1.99. The van der Waals surface area contributed by atoms with Crippen LogP contribution in [0.5, 0.6) is 0 Å². The molecule has 1 saturated carbocycles. The summed E-state index contributed by atoms with van der Waals surface area (Å²) in [6.45, 7) is 3.93. The van der Waals surface area contributed by atoms with Gasteiger partial charge >= 0.3 is 0 Å². The molecule has 1 rings (SSSR count). The lowest BCUT2D eigenvalue weighted by molar-refractivity contribution is 0.155. The number of hydrogen-bond acceptors (Lipinski definition) is 1. The van der Waals surface area contributed by atoms with Gasteiger partial charge in [0.1, 0.15) is 0 Å². The van der Waals surface area contributed by atoms with Gasteiger partial charge < -0.3 is 5.11 Å². The molecule has 1 N–H and O–H groups in total. The molecule has 1 aliphatic rings. The highest BCUT2D eigenvalue weighted by Gasteiger charge is 2.44. The molecule has 0 amide bonds. The Hall–Kier alpha value is -0.0400. The Morgan fingerprint density at radius 2 is 2.00 bits per heavy atom. The molecule has 0 aliphatic heterocycles. The Balaban J connectivity index is 2.41. The Bertz CT molecular complexity index is 66.3. The Kier molecular flexibility index (Phi) is 0.539. The molecule has 0 bridgehead atoms. The summed E-state index contributed by atoms with van der Waals surface area (Å²) in [5.74, 6) is 0.553. The normalized spacial score (nSPS) is 55.5. The SMILES string of the molecule is C[C@H]1C[C@]1(C)O. The van der Waals surface area contributed by atoms with E-state index in [4.69, 9.17) is 5.11 Å². The minimum Gasteiger partial charge on any atom is -0.390 e. The van der Waals surface area contributed by atoms with Crippen molar-refractivity contribution in [3.8, 4) is 0 Å². The van der Waals surface area contributed by atoms with Crippen LogP contribution < -0.4 is 0 Å². The molecule has 0 spiro atoms. The predicted octanol–water partition coefficient (Wildman–Crippen LogP) is 0.777. The molecule has 0 unspecified atom stereocenters. The van der Waals surface area contributed by atoms with Crippen molar-refractivity contribution < 1.29 is 5.11 Å². The summed E-state index contributed by atoms with van der Waals surface area (Å²) in [4.78, 5) is 0. The van der Waals surface area contributed by atoms with Gasteiger partial charge in [0.15, 0.2) is 0 Å². The fourth-order valence-corrected chi connectivity index (χ4v) is 0.561. The van der Waals surface area contributed by atoms with E-state index in [0.717, 1.165) is 6.42 Å². The maximum atomic E-state index is 8.90. The van der Waals surface area contributed by atoms with Crippen LogP contribution in [0.1, 0.15) is 20.3 Å². The quantitative estimate of drug-likeness (QED) is 0.462. The molecule has 6 heavy (non-hydrogen) atoms. The van der Waals surface area contributed by atoms with E-state index in [-0.39, 0.29) is 5.60 Å². The molecule has 0 aromatic rings. The largest absolute Gasteiger partial charge is 0.390 e. The van der Waals surface area contributed by atoms with Crippen molar-refractivity contribution in [2.45, 2.75) is 25.9 Å². The molecule has 0 radical (unpaired) electrons. The van der Waals surface area contributed by atoms with Crippen LogP contribution in [0, 0.1) is 5.92 Å². The standard InChI is InChI=1S/C5H10O/c1-4-3-5(4,2)6/h4,6H,3H2,1-2H3/t4-,5-/m0/s1. The first-order valence-corrected chi connectivity index (χ1v) is 2.35. The van der Waals surface area contributed by atoms with Crippen molar-refractivity contribution in [2.75, 3.05) is 0 Å². The predicted molar refractivity (Wildman–Crippen MR) is 24.4 cm³/mol. The summed E-state index contributed by atoms with van der Waals surface area (Å²) in [7, 11) is 0. The highest BCUT2D eigenvalue weighted by atomic mass is 16.3. The molecule has 0 saturated heterocycles. The van der Waals surface area contributed by atoms with E-state index in [1.807, 2.05) is 6.92 Å². The molecular weight excluding hydrogens is 76.1 g/mol. The molecule has 1 fully saturated rings. The van der Waals surface area contributed by atoms with Gasteiger partial charge in [0.2, 0.25) is 0 Å². The second-order valence-electron chi connectivity index (χ2n) is 2.46. The van der Waals surface area contributed by atoms with Crippen LogP contribution >= 0.6 is 0 Å². The lowest BCUT2D eigenvalue weighted by Gasteiger charge is -1.92. The molecule has 0 aromatic heterocycles. The Labute approximate surface area is 38.0 Å². The molecule has 1 heteroatoms. The van der Waals surface area contributed by atoms with Gasteiger partial charge in [-0.05, 0) is 19.3 Å². The average Bonchev–Trinajstić information content (AvgIpc) is 1.73. The van der Waals surface area contributed by atoms with Crippen molar-refractivity contribution in [3.63, 3.8) is 0 Å². The van der Waals surface area contributed by atoms with E-state index in [0.29, 0.717) is 5.92 Å². The van der Waals surface area contributed by atoms with Crippen molar-refractivity contribution in [1.29, 1.82) is 0 Å². The summed E-state index contributed by atoms with van der Waals surface area (Å²) in [6, 6.07) is 0. The van der Waals surface area contributed by atoms with E-state index < -0.39 is 0 Å². The molecular formula is C5H10O. The molecule has 1 aliphatic carbocycles. The topological polar surface area (TPSA) is 20.2 Å². The number of rotatable bonds is 0. The molecule has 36 valence electrons. The van der Waals surface area contributed by atoms with E-state index in [9.17, 15) is 0 Å². The van der Waals surface area contributed by atoms with Crippen LogP contribution in [0.25, 0.3) is 0 Å². The van der Waals surface area contributed by atoms with Crippen molar-refractivity contribution in [1.82, 2.24) is 0 Å². The van der Waals surface area contributed by atoms with Crippen LogP contribution in [0.4, 0.5) is 0 Å². The first-order chi connectivity index (χ1) is 2.63. The van der Waals surface area contributed by atoms with Gasteiger partial charge in [-0.25, -0.2) is 0 Å². The highest BCUT2D eigenvalue weighted by Crippen LogP contribution is 2.41. The summed E-state index contributed by atoms with van der Waals surface area (Å²) >= 11 is 0. The van der Waals surface area contributed by atoms with Crippen molar-refractivity contribution in [2.24, 2.45) is 5.92 Å². The molecule has 1 nitrogen and oxygen atoms in total. The summed E-state index contributed by atoms with van der Waals surface area (Å²) in [5.41, 5.74) is -0.292. The zero-order valence-corrected chi connectivity index (χ0v) is 4.23. The minimum absolute atomic E-state index is 0.292. The van der Waals surface area contributed by atoms with Gasteiger partial charge in [0.05, 0.1) is 5.60 Å². The van der Waals surface area contributed by atoms with Gasteiger partial charge in [-0.2, -0.15) is 0 Å². The molecule has 2 atom stereocenters. The van der Waals surface area contributed by atoms with E-state index in [2.05, 4.69) is 6.92 Å².